The first kappa shape index (κ1) is 21.0. The topological polar surface area (TPSA) is 102 Å². The van der Waals surface area contributed by atoms with Crippen LogP contribution in [0.25, 0.3) is 0 Å². The first-order valence-electron chi connectivity index (χ1n) is 8.65. The molecule has 0 saturated carbocycles. The predicted octanol–water partition coefficient (Wildman–Crippen LogP) is 2.54. The SMILES string of the molecule is CS(=O)(=O)c1cccc(S(=O)(=O)NCc2ccnc(OCc3ccccc3)c2)c1. The highest BCUT2D eigenvalue weighted by atomic mass is 32.2. The first-order valence-corrected chi connectivity index (χ1v) is 12.0. The van der Waals surface area contributed by atoms with Gasteiger partial charge < -0.3 is 4.74 Å². The minimum atomic E-state index is -3.89. The summed E-state index contributed by atoms with van der Waals surface area (Å²) in [6.45, 7) is 0.358. The monoisotopic (exact) mass is 432 g/mol. The third-order valence-corrected chi connectivity index (χ3v) is 6.55. The molecule has 0 spiro atoms. The molecule has 0 bridgehead atoms. The molecule has 0 aliphatic rings. The second kappa shape index (κ2) is 8.73. The molecule has 0 aliphatic carbocycles. The van der Waals surface area contributed by atoms with Crippen LogP contribution in [0.4, 0.5) is 0 Å². The van der Waals surface area contributed by atoms with E-state index in [1.54, 1.807) is 12.1 Å². The zero-order valence-electron chi connectivity index (χ0n) is 15.6. The van der Waals surface area contributed by atoms with Crippen LogP contribution >= 0.6 is 0 Å². The van der Waals surface area contributed by atoms with Crippen LogP contribution in [0.1, 0.15) is 11.1 Å². The number of sulfonamides is 1. The maximum absolute atomic E-state index is 12.5. The number of hydrogen-bond acceptors (Lipinski definition) is 6. The van der Waals surface area contributed by atoms with Gasteiger partial charge in [-0.2, -0.15) is 0 Å². The van der Waals surface area contributed by atoms with Crippen LogP contribution in [0.15, 0.2) is 82.7 Å². The summed E-state index contributed by atoms with van der Waals surface area (Å²) in [4.78, 5) is 3.96. The molecule has 0 atom stereocenters. The van der Waals surface area contributed by atoms with Gasteiger partial charge in [0.05, 0.1) is 9.79 Å². The van der Waals surface area contributed by atoms with E-state index < -0.39 is 19.9 Å². The van der Waals surface area contributed by atoms with Crippen LogP contribution < -0.4 is 9.46 Å². The van der Waals surface area contributed by atoms with Crippen LogP contribution in [0.3, 0.4) is 0 Å². The summed E-state index contributed by atoms with van der Waals surface area (Å²) in [6, 6.07) is 18.2. The standard InChI is InChI=1S/C20H20N2O5S2/c1-28(23,24)18-8-5-9-19(13-18)29(25,26)22-14-17-10-11-21-20(12-17)27-15-16-6-3-2-4-7-16/h2-13,22H,14-15H2,1H3. The lowest BCUT2D eigenvalue weighted by Crippen LogP contribution is -2.23. The van der Waals surface area contributed by atoms with E-state index in [0.29, 0.717) is 18.1 Å². The van der Waals surface area contributed by atoms with Crippen LogP contribution in [-0.2, 0) is 33.0 Å². The maximum atomic E-state index is 12.5. The van der Waals surface area contributed by atoms with Crippen LogP contribution in [0, 0.1) is 0 Å². The summed E-state index contributed by atoms with van der Waals surface area (Å²) in [5, 5.41) is 0. The Morgan fingerprint density at radius 2 is 1.59 bits per heavy atom. The van der Waals surface area contributed by atoms with Gasteiger partial charge in [-0.15, -0.1) is 0 Å². The molecule has 0 amide bonds. The van der Waals surface area contributed by atoms with Gasteiger partial charge >= 0.3 is 0 Å². The van der Waals surface area contributed by atoms with Gasteiger partial charge in [0.15, 0.2) is 9.84 Å². The van der Waals surface area contributed by atoms with Gasteiger partial charge in [-0.05, 0) is 35.4 Å². The summed E-state index contributed by atoms with van der Waals surface area (Å²) < 4.78 is 56.5. The highest BCUT2D eigenvalue weighted by Gasteiger charge is 2.17. The lowest BCUT2D eigenvalue weighted by molar-refractivity contribution is 0.293. The molecular weight excluding hydrogens is 412 g/mol. The molecule has 1 N–H and O–H groups in total. The number of rotatable bonds is 8. The Labute approximate surface area is 170 Å². The smallest absolute Gasteiger partial charge is 0.240 e. The molecule has 0 radical (unpaired) electrons. The lowest BCUT2D eigenvalue weighted by atomic mass is 10.2. The molecule has 7 nitrogen and oxygen atoms in total. The molecule has 0 unspecified atom stereocenters. The lowest BCUT2D eigenvalue weighted by Gasteiger charge is -2.10. The fourth-order valence-electron chi connectivity index (χ4n) is 2.50. The zero-order chi connectivity index (χ0) is 20.9. The number of benzene rings is 2. The molecule has 0 fully saturated rings. The van der Waals surface area contributed by atoms with Crippen molar-refractivity contribution in [2.24, 2.45) is 0 Å². The number of aromatic nitrogens is 1. The number of ether oxygens (including phenoxy) is 1. The van der Waals surface area contributed by atoms with Crippen molar-refractivity contribution in [1.82, 2.24) is 9.71 Å². The Balaban J connectivity index is 1.68. The van der Waals surface area contributed by atoms with Gasteiger partial charge in [-0.3, -0.25) is 0 Å². The third kappa shape index (κ3) is 5.86. The van der Waals surface area contributed by atoms with E-state index in [2.05, 4.69) is 9.71 Å². The Bertz CT molecular complexity index is 1190. The van der Waals surface area contributed by atoms with Gasteiger partial charge in [-0.25, -0.2) is 26.5 Å². The average Bonchev–Trinajstić information content (AvgIpc) is 2.71. The van der Waals surface area contributed by atoms with E-state index in [0.717, 1.165) is 17.9 Å². The number of pyridine rings is 1. The summed E-state index contributed by atoms with van der Waals surface area (Å²) in [6.07, 6.45) is 2.56. The number of hydrogen-bond donors (Lipinski definition) is 1. The fourth-order valence-corrected chi connectivity index (χ4v) is 4.31. The van der Waals surface area contributed by atoms with E-state index in [1.807, 2.05) is 30.3 Å². The summed E-state index contributed by atoms with van der Waals surface area (Å²) in [7, 11) is -7.39. The molecule has 0 saturated heterocycles. The molecular formula is C20H20N2O5S2. The summed E-state index contributed by atoms with van der Waals surface area (Å²) in [5.41, 5.74) is 1.65. The average molecular weight is 433 g/mol. The highest BCUT2D eigenvalue weighted by molar-refractivity contribution is 7.91. The van der Waals surface area contributed by atoms with Gasteiger partial charge in [0, 0.05) is 25.1 Å². The minimum Gasteiger partial charge on any atom is -0.473 e. The van der Waals surface area contributed by atoms with E-state index in [9.17, 15) is 16.8 Å². The van der Waals surface area contributed by atoms with Crippen molar-refractivity contribution in [3.05, 3.63) is 84.1 Å². The van der Waals surface area contributed by atoms with Gasteiger partial charge in [-0.1, -0.05) is 36.4 Å². The Morgan fingerprint density at radius 1 is 0.862 bits per heavy atom. The third-order valence-electron chi connectivity index (χ3n) is 4.04. The molecule has 1 aromatic heterocycles. The van der Waals surface area contributed by atoms with Crippen LogP contribution in [0.5, 0.6) is 5.88 Å². The minimum absolute atomic E-state index is 0.00958. The molecule has 0 aliphatic heterocycles. The quantitative estimate of drug-likeness (QED) is 0.587. The Hall–Kier alpha value is -2.75. The summed E-state index contributed by atoms with van der Waals surface area (Å²) >= 11 is 0. The van der Waals surface area contributed by atoms with Crippen molar-refractivity contribution in [1.29, 1.82) is 0 Å². The highest BCUT2D eigenvalue weighted by Crippen LogP contribution is 2.17. The van der Waals surface area contributed by atoms with Crippen molar-refractivity contribution in [3.8, 4) is 5.88 Å². The normalized spacial score (nSPS) is 11.9. The van der Waals surface area contributed by atoms with E-state index in [-0.39, 0.29) is 16.3 Å². The Kier molecular flexibility index (Phi) is 6.31. The van der Waals surface area contributed by atoms with E-state index in [4.69, 9.17) is 4.74 Å². The second-order valence-electron chi connectivity index (χ2n) is 6.35. The van der Waals surface area contributed by atoms with Gasteiger partial charge in [0.2, 0.25) is 15.9 Å². The molecule has 3 rings (SSSR count). The van der Waals surface area contributed by atoms with Crippen LogP contribution in [0.2, 0.25) is 0 Å². The summed E-state index contributed by atoms with van der Waals surface area (Å²) in [5.74, 6) is 0.379. The van der Waals surface area contributed by atoms with Crippen molar-refractivity contribution in [3.63, 3.8) is 0 Å². The number of sulfone groups is 1. The number of nitrogens with one attached hydrogen (secondary N) is 1. The molecule has 29 heavy (non-hydrogen) atoms. The van der Waals surface area contributed by atoms with E-state index >= 15 is 0 Å². The number of nitrogens with zero attached hydrogens (tertiary/aromatic N) is 1. The molecule has 3 aromatic rings. The molecule has 9 heteroatoms. The first-order chi connectivity index (χ1) is 13.7. The van der Waals surface area contributed by atoms with Crippen LogP contribution in [-0.4, -0.2) is 28.1 Å². The van der Waals surface area contributed by atoms with E-state index in [1.165, 1.54) is 24.4 Å². The fraction of sp³-hybridized carbons (Fsp3) is 0.150. The second-order valence-corrected chi connectivity index (χ2v) is 10.1. The maximum Gasteiger partial charge on any atom is 0.240 e. The predicted molar refractivity (Wildman–Crippen MR) is 109 cm³/mol. The van der Waals surface area contributed by atoms with Crippen molar-refractivity contribution >= 4 is 19.9 Å². The molecule has 2 aromatic carbocycles. The molecule has 152 valence electrons. The molecule has 1 heterocycles. The van der Waals surface area contributed by atoms with Crippen molar-refractivity contribution in [2.45, 2.75) is 22.9 Å². The van der Waals surface area contributed by atoms with Gasteiger partial charge in [0.25, 0.3) is 0 Å². The van der Waals surface area contributed by atoms with Crippen molar-refractivity contribution < 1.29 is 21.6 Å². The van der Waals surface area contributed by atoms with Crippen molar-refractivity contribution in [2.75, 3.05) is 6.26 Å². The largest absolute Gasteiger partial charge is 0.473 e. The zero-order valence-corrected chi connectivity index (χ0v) is 17.3. The Morgan fingerprint density at radius 3 is 2.31 bits per heavy atom. The van der Waals surface area contributed by atoms with Gasteiger partial charge in [0.1, 0.15) is 6.61 Å².